The number of benzene rings is 1. The molecule has 1 aromatic heterocycles. The number of hydrogen-bond donors (Lipinski definition) is 1. The minimum Gasteiger partial charge on any atom is -0.383 e. The molecule has 0 atom stereocenters. The second kappa shape index (κ2) is 4.61. The molecule has 2 heteroatoms. The van der Waals surface area contributed by atoms with Crippen molar-refractivity contribution < 1.29 is 0 Å². The van der Waals surface area contributed by atoms with Gasteiger partial charge in [-0.1, -0.05) is 38.1 Å². The van der Waals surface area contributed by atoms with Crippen LogP contribution < -0.4 is 5.73 Å². The first-order chi connectivity index (χ1) is 6.79. The molecule has 0 aliphatic carbocycles. The molecule has 0 aliphatic rings. The third-order valence-electron chi connectivity index (χ3n) is 2.09. The molecule has 14 heavy (non-hydrogen) atoms. The summed E-state index contributed by atoms with van der Waals surface area (Å²) in [7, 11) is 0. The average Bonchev–Trinajstić information content (AvgIpc) is 2.27. The van der Waals surface area contributed by atoms with Gasteiger partial charge in [-0.25, -0.2) is 4.98 Å². The fourth-order valence-corrected chi connectivity index (χ4v) is 1.32. The Morgan fingerprint density at radius 2 is 1.79 bits per heavy atom. The predicted molar refractivity (Wildman–Crippen MR) is 62.2 cm³/mol. The van der Waals surface area contributed by atoms with Crippen molar-refractivity contribution >= 4 is 16.6 Å². The van der Waals surface area contributed by atoms with Gasteiger partial charge in [0.1, 0.15) is 5.82 Å². The van der Waals surface area contributed by atoms with Crippen molar-refractivity contribution in [2.24, 2.45) is 0 Å². The van der Waals surface area contributed by atoms with E-state index >= 15 is 0 Å². The maximum atomic E-state index is 5.67. The van der Waals surface area contributed by atoms with E-state index in [4.69, 9.17) is 5.73 Å². The molecule has 2 rings (SSSR count). The number of aromatic nitrogens is 1. The highest BCUT2D eigenvalue weighted by atomic mass is 14.8. The summed E-state index contributed by atoms with van der Waals surface area (Å²) in [5.74, 6) is 0.619. The normalized spacial score (nSPS) is 9.36. The van der Waals surface area contributed by atoms with Crippen LogP contribution in [0.15, 0.2) is 30.5 Å². The zero-order chi connectivity index (χ0) is 10.6. The molecule has 0 aliphatic heterocycles. The maximum absolute atomic E-state index is 5.67. The number of anilines is 1. The van der Waals surface area contributed by atoms with Gasteiger partial charge in [-0.2, -0.15) is 0 Å². The lowest BCUT2D eigenvalue weighted by molar-refractivity contribution is 1.32. The van der Waals surface area contributed by atoms with Gasteiger partial charge >= 0.3 is 0 Å². The van der Waals surface area contributed by atoms with E-state index in [0.29, 0.717) is 5.82 Å². The van der Waals surface area contributed by atoms with E-state index in [1.165, 1.54) is 5.39 Å². The zero-order valence-corrected chi connectivity index (χ0v) is 8.91. The molecule has 0 amide bonds. The molecule has 0 unspecified atom stereocenters. The molecule has 1 heterocycles. The van der Waals surface area contributed by atoms with Crippen LogP contribution in [0.4, 0.5) is 5.82 Å². The maximum Gasteiger partial charge on any atom is 0.126 e. The Kier molecular flexibility index (Phi) is 3.46. The molecular formula is C12H16N2. The monoisotopic (exact) mass is 188 g/mol. The van der Waals surface area contributed by atoms with Crippen LogP contribution in [-0.2, 0) is 0 Å². The van der Waals surface area contributed by atoms with Crippen LogP contribution in [-0.4, -0.2) is 4.98 Å². The van der Waals surface area contributed by atoms with Crippen molar-refractivity contribution in [1.82, 2.24) is 4.98 Å². The standard InChI is InChI=1S/C10H10N2.C2H6/c1-7-9-5-3-2-4-8(9)6-12-10(7)11;1-2/h2-6H,1H3,(H2,11,12);1-2H3. The number of pyridine rings is 1. The Labute approximate surface area is 84.8 Å². The second-order valence-electron chi connectivity index (χ2n) is 2.86. The summed E-state index contributed by atoms with van der Waals surface area (Å²) in [4.78, 5) is 4.08. The van der Waals surface area contributed by atoms with Crippen molar-refractivity contribution in [2.75, 3.05) is 5.73 Å². The van der Waals surface area contributed by atoms with Crippen molar-refractivity contribution in [3.05, 3.63) is 36.0 Å². The average molecular weight is 188 g/mol. The summed E-state index contributed by atoms with van der Waals surface area (Å²) in [5, 5.41) is 2.33. The first-order valence-electron chi connectivity index (χ1n) is 4.89. The Bertz CT molecular complexity index is 422. The van der Waals surface area contributed by atoms with E-state index in [0.717, 1.165) is 10.9 Å². The third-order valence-corrected chi connectivity index (χ3v) is 2.09. The zero-order valence-electron chi connectivity index (χ0n) is 8.91. The van der Waals surface area contributed by atoms with Crippen LogP contribution in [0.3, 0.4) is 0 Å². The Balaban J connectivity index is 0.000000461. The number of fused-ring (bicyclic) bond motifs is 1. The molecular weight excluding hydrogens is 172 g/mol. The predicted octanol–water partition coefficient (Wildman–Crippen LogP) is 3.15. The van der Waals surface area contributed by atoms with Crippen LogP contribution in [0.5, 0.6) is 0 Å². The summed E-state index contributed by atoms with van der Waals surface area (Å²) in [6.07, 6.45) is 1.80. The van der Waals surface area contributed by atoms with Gasteiger partial charge in [0.25, 0.3) is 0 Å². The number of nitrogen functional groups attached to an aromatic ring is 1. The molecule has 74 valence electrons. The molecule has 0 saturated carbocycles. The van der Waals surface area contributed by atoms with Gasteiger partial charge in [0.05, 0.1) is 0 Å². The lowest BCUT2D eigenvalue weighted by Crippen LogP contribution is -1.93. The van der Waals surface area contributed by atoms with Gasteiger partial charge in [-0.15, -0.1) is 0 Å². The van der Waals surface area contributed by atoms with Crippen LogP contribution >= 0.6 is 0 Å². The number of hydrogen-bond acceptors (Lipinski definition) is 2. The van der Waals surface area contributed by atoms with Gasteiger partial charge in [-0.05, 0) is 17.9 Å². The number of nitrogens with two attached hydrogens (primary N) is 1. The van der Waals surface area contributed by atoms with E-state index in [1.807, 2.05) is 39.0 Å². The lowest BCUT2D eigenvalue weighted by Gasteiger charge is -2.02. The Morgan fingerprint density at radius 3 is 2.50 bits per heavy atom. The minimum atomic E-state index is 0.619. The van der Waals surface area contributed by atoms with Crippen molar-refractivity contribution in [2.45, 2.75) is 20.8 Å². The van der Waals surface area contributed by atoms with Crippen molar-refractivity contribution in [3.63, 3.8) is 0 Å². The minimum absolute atomic E-state index is 0.619. The number of aryl methyl sites for hydroxylation is 1. The molecule has 0 fully saturated rings. The highest BCUT2D eigenvalue weighted by Crippen LogP contribution is 2.20. The SMILES string of the molecule is CC.Cc1c(N)ncc2ccccc12. The van der Waals surface area contributed by atoms with E-state index in [2.05, 4.69) is 11.1 Å². The fourth-order valence-electron chi connectivity index (χ4n) is 1.32. The number of rotatable bonds is 0. The second-order valence-corrected chi connectivity index (χ2v) is 2.86. The van der Waals surface area contributed by atoms with E-state index in [-0.39, 0.29) is 0 Å². The summed E-state index contributed by atoms with van der Waals surface area (Å²) >= 11 is 0. The lowest BCUT2D eigenvalue weighted by atomic mass is 10.1. The van der Waals surface area contributed by atoms with E-state index in [1.54, 1.807) is 6.20 Å². The Hall–Kier alpha value is -1.57. The molecule has 2 nitrogen and oxygen atoms in total. The molecule has 0 saturated heterocycles. The highest BCUT2D eigenvalue weighted by Gasteiger charge is 1.99. The van der Waals surface area contributed by atoms with Gasteiger partial charge in [0.2, 0.25) is 0 Å². The first kappa shape index (κ1) is 10.5. The Morgan fingerprint density at radius 1 is 1.14 bits per heavy atom. The van der Waals surface area contributed by atoms with E-state index < -0.39 is 0 Å². The molecule has 1 aromatic carbocycles. The van der Waals surface area contributed by atoms with Crippen LogP contribution in [0.1, 0.15) is 19.4 Å². The van der Waals surface area contributed by atoms with Crippen molar-refractivity contribution in [1.29, 1.82) is 0 Å². The molecule has 0 spiro atoms. The van der Waals surface area contributed by atoms with Gasteiger partial charge in [0.15, 0.2) is 0 Å². The van der Waals surface area contributed by atoms with Gasteiger partial charge in [-0.3, -0.25) is 0 Å². The van der Waals surface area contributed by atoms with Gasteiger partial charge in [0, 0.05) is 11.6 Å². The smallest absolute Gasteiger partial charge is 0.126 e. The van der Waals surface area contributed by atoms with Gasteiger partial charge < -0.3 is 5.73 Å². The van der Waals surface area contributed by atoms with Crippen LogP contribution in [0.2, 0.25) is 0 Å². The molecule has 0 bridgehead atoms. The third kappa shape index (κ3) is 1.84. The molecule has 2 N–H and O–H groups in total. The van der Waals surface area contributed by atoms with Crippen molar-refractivity contribution in [3.8, 4) is 0 Å². The number of nitrogens with zero attached hydrogens (tertiary/aromatic N) is 1. The largest absolute Gasteiger partial charge is 0.383 e. The first-order valence-corrected chi connectivity index (χ1v) is 4.89. The summed E-state index contributed by atoms with van der Waals surface area (Å²) in [6.45, 7) is 5.99. The molecule has 0 radical (unpaired) electrons. The molecule has 2 aromatic rings. The van der Waals surface area contributed by atoms with Crippen LogP contribution in [0.25, 0.3) is 10.8 Å². The van der Waals surface area contributed by atoms with E-state index in [9.17, 15) is 0 Å². The quantitative estimate of drug-likeness (QED) is 0.689. The summed E-state index contributed by atoms with van der Waals surface area (Å²) < 4.78 is 0. The highest BCUT2D eigenvalue weighted by molar-refractivity contribution is 5.87. The topological polar surface area (TPSA) is 38.9 Å². The summed E-state index contributed by atoms with van der Waals surface area (Å²) in [5.41, 5.74) is 6.74. The van der Waals surface area contributed by atoms with Crippen LogP contribution in [0, 0.1) is 6.92 Å². The fraction of sp³-hybridized carbons (Fsp3) is 0.250. The summed E-state index contributed by atoms with van der Waals surface area (Å²) in [6, 6.07) is 8.10.